The number of allylic oxidation sites excluding steroid dienone is 8. The Morgan fingerprint density at radius 2 is 0.562 bits per heavy atom. The van der Waals surface area contributed by atoms with E-state index in [0.29, 0.717) is 19.3 Å². The minimum absolute atomic E-state index is 0.0752. The lowest BCUT2D eigenvalue weighted by Gasteiger charge is -2.18. The standard InChI is InChI=1S/C58H104O6/c1-4-7-10-13-16-18-20-22-23-24-25-26-27-28-29-30-31-32-33-34-35-36-38-39-42-45-48-51-57(60)63-54-55(53-62-56(59)50-47-44-41-15-12-9-6-3)64-58(61)52-49-46-43-40-37-21-19-17-14-11-8-5-2/h17,19-20,22,24-25,27-28,55H,4-16,18,21,23,26,29-54H2,1-3H3/b19-17-,22-20-,25-24-,28-27-. The molecule has 0 spiro atoms. The highest BCUT2D eigenvalue weighted by Gasteiger charge is 2.19. The zero-order chi connectivity index (χ0) is 46.5. The maximum atomic E-state index is 12.7. The first-order chi connectivity index (χ1) is 31.5. The third-order valence-electron chi connectivity index (χ3n) is 12.1. The molecule has 372 valence electrons. The number of rotatable bonds is 50. The minimum Gasteiger partial charge on any atom is -0.462 e. The second-order valence-electron chi connectivity index (χ2n) is 18.5. The molecule has 0 aliphatic rings. The fraction of sp³-hybridized carbons (Fsp3) is 0.810. The first kappa shape index (κ1) is 61.4. The third kappa shape index (κ3) is 50.4. The van der Waals surface area contributed by atoms with Crippen LogP contribution in [0.15, 0.2) is 48.6 Å². The SMILES string of the molecule is CCCCC/C=C\CCCCCCCC(=O)OC(COC(=O)CCCCCCCCC)COC(=O)CCCCCCCCCCCCCC/C=C\C/C=C\C/C=C\CCCCCCC. The van der Waals surface area contributed by atoms with Gasteiger partial charge in [0.05, 0.1) is 0 Å². The maximum absolute atomic E-state index is 12.7. The third-order valence-corrected chi connectivity index (χ3v) is 12.1. The van der Waals surface area contributed by atoms with Crippen LogP contribution in [0, 0.1) is 0 Å². The van der Waals surface area contributed by atoms with Gasteiger partial charge in [0.25, 0.3) is 0 Å². The maximum Gasteiger partial charge on any atom is 0.306 e. The second-order valence-corrected chi connectivity index (χ2v) is 18.5. The number of carbonyl (C=O) groups excluding carboxylic acids is 3. The molecule has 0 aromatic rings. The molecule has 0 radical (unpaired) electrons. The highest BCUT2D eigenvalue weighted by Crippen LogP contribution is 2.15. The lowest BCUT2D eigenvalue weighted by molar-refractivity contribution is -0.167. The zero-order valence-corrected chi connectivity index (χ0v) is 42.6. The van der Waals surface area contributed by atoms with Gasteiger partial charge >= 0.3 is 17.9 Å². The van der Waals surface area contributed by atoms with Crippen LogP contribution in [0.2, 0.25) is 0 Å². The molecule has 0 fully saturated rings. The van der Waals surface area contributed by atoms with Gasteiger partial charge in [-0.25, -0.2) is 0 Å². The van der Waals surface area contributed by atoms with Crippen LogP contribution in [0.5, 0.6) is 0 Å². The molecule has 0 rings (SSSR count). The van der Waals surface area contributed by atoms with Gasteiger partial charge in [-0.1, -0.05) is 230 Å². The lowest BCUT2D eigenvalue weighted by Crippen LogP contribution is -2.30. The van der Waals surface area contributed by atoms with E-state index < -0.39 is 6.10 Å². The van der Waals surface area contributed by atoms with Gasteiger partial charge in [-0.15, -0.1) is 0 Å². The van der Waals surface area contributed by atoms with Gasteiger partial charge in [0, 0.05) is 19.3 Å². The molecular formula is C58H104O6. The Morgan fingerprint density at radius 3 is 0.922 bits per heavy atom. The monoisotopic (exact) mass is 897 g/mol. The van der Waals surface area contributed by atoms with Crippen molar-refractivity contribution in [1.82, 2.24) is 0 Å². The van der Waals surface area contributed by atoms with E-state index >= 15 is 0 Å². The summed E-state index contributed by atoms with van der Waals surface area (Å²) in [5.74, 6) is -0.886. The van der Waals surface area contributed by atoms with Crippen LogP contribution in [-0.4, -0.2) is 37.2 Å². The highest BCUT2D eigenvalue weighted by molar-refractivity contribution is 5.71. The molecule has 0 N–H and O–H groups in total. The van der Waals surface area contributed by atoms with Crippen LogP contribution in [0.1, 0.15) is 284 Å². The topological polar surface area (TPSA) is 78.9 Å². The van der Waals surface area contributed by atoms with E-state index in [1.165, 1.54) is 161 Å². The summed E-state index contributed by atoms with van der Waals surface area (Å²) in [6.07, 6.45) is 64.1. The average molecular weight is 897 g/mol. The van der Waals surface area contributed by atoms with Gasteiger partial charge in [0.2, 0.25) is 0 Å². The molecule has 0 heterocycles. The van der Waals surface area contributed by atoms with Gasteiger partial charge < -0.3 is 14.2 Å². The quantitative estimate of drug-likeness (QED) is 0.0262. The zero-order valence-electron chi connectivity index (χ0n) is 42.6. The highest BCUT2D eigenvalue weighted by atomic mass is 16.6. The molecule has 0 aliphatic heterocycles. The smallest absolute Gasteiger partial charge is 0.306 e. The summed E-state index contributed by atoms with van der Waals surface area (Å²) >= 11 is 0. The van der Waals surface area contributed by atoms with Crippen molar-refractivity contribution >= 4 is 17.9 Å². The predicted molar refractivity (Wildman–Crippen MR) is 275 cm³/mol. The molecule has 1 unspecified atom stereocenters. The first-order valence-electron chi connectivity index (χ1n) is 27.6. The first-order valence-corrected chi connectivity index (χ1v) is 27.6. The average Bonchev–Trinajstić information content (AvgIpc) is 3.29. The number of esters is 3. The van der Waals surface area contributed by atoms with Crippen LogP contribution in [0.25, 0.3) is 0 Å². The normalized spacial score (nSPS) is 12.4. The van der Waals surface area contributed by atoms with Gasteiger partial charge in [0.1, 0.15) is 13.2 Å². The molecule has 0 amide bonds. The summed E-state index contributed by atoms with van der Waals surface area (Å²) in [7, 11) is 0. The van der Waals surface area contributed by atoms with Crippen LogP contribution in [0.4, 0.5) is 0 Å². The fourth-order valence-electron chi connectivity index (χ4n) is 7.86. The Morgan fingerprint density at radius 1 is 0.312 bits per heavy atom. The van der Waals surface area contributed by atoms with E-state index in [1.807, 2.05) is 0 Å². The Kier molecular flexibility index (Phi) is 50.8. The number of hydrogen-bond donors (Lipinski definition) is 0. The van der Waals surface area contributed by atoms with Crippen molar-refractivity contribution in [2.24, 2.45) is 0 Å². The van der Waals surface area contributed by atoms with Crippen LogP contribution in [-0.2, 0) is 28.6 Å². The molecule has 0 aromatic carbocycles. The van der Waals surface area contributed by atoms with Crippen LogP contribution in [0.3, 0.4) is 0 Å². The van der Waals surface area contributed by atoms with Gasteiger partial charge in [-0.2, -0.15) is 0 Å². The van der Waals surface area contributed by atoms with E-state index in [9.17, 15) is 14.4 Å². The van der Waals surface area contributed by atoms with Crippen molar-refractivity contribution in [2.45, 2.75) is 290 Å². The Labute approximate surface area is 397 Å². The molecule has 0 aliphatic carbocycles. The van der Waals surface area contributed by atoms with Crippen molar-refractivity contribution in [3.05, 3.63) is 48.6 Å². The molecule has 0 saturated carbocycles. The van der Waals surface area contributed by atoms with Crippen LogP contribution >= 0.6 is 0 Å². The van der Waals surface area contributed by atoms with E-state index in [2.05, 4.69) is 69.4 Å². The number of carbonyl (C=O) groups is 3. The number of ether oxygens (including phenoxy) is 3. The molecular weight excluding hydrogens is 793 g/mol. The molecule has 0 bridgehead atoms. The van der Waals surface area contributed by atoms with Crippen molar-refractivity contribution < 1.29 is 28.6 Å². The fourth-order valence-corrected chi connectivity index (χ4v) is 7.86. The van der Waals surface area contributed by atoms with Crippen molar-refractivity contribution in [3.63, 3.8) is 0 Å². The van der Waals surface area contributed by atoms with Gasteiger partial charge in [0.15, 0.2) is 6.10 Å². The predicted octanol–water partition coefficient (Wildman–Crippen LogP) is 18.3. The number of unbranched alkanes of at least 4 members (excludes halogenated alkanes) is 31. The van der Waals surface area contributed by atoms with E-state index in [1.54, 1.807) is 0 Å². The molecule has 0 aromatic heterocycles. The van der Waals surface area contributed by atoms with Crippen molar-refractivity contribution in [1.29, 1.82) is 0 Å². The largest absolute Gasteiger partial charge is 0.462 e. The Bertz CT molecular complexity index is 1120. The van der Waals surface area contributed by atoms with E-state index in [0.717, 1.165) is 83.5 Å². The second kappa shape index (κ2) is 53.0. The molecule has 64 heavy (non-hydrogen) atoms. The number of hydrogen-bond acceptors (Lipinski definition) is 6. The van der Waals surface area contributed by atoms with Crippen LogP contribution < -0.4 is 0 Å². The van der Waals surface area contributed by atoms with E-state index in [-0.39, 0.29) is 31.1 Å². The van der Waals surface area contributed by atoms with Gasteiger partial charge in [-0.3, -0.25) is 14.4 Å². The molecule has 6 nitrogen and oxygen atoms in total. The molecule has 1 atom stereocenters. The summed E-state index contributed by atoms with van der Waals surface area (Å²) in [5, 5.41) is 0. The summed E-state index contributed by atoms with van der Waals surface area (Å²) in [5.41, 5.74) is 0. The Balaban J connectivity index is 4.09. The summed E-state index contributed by atoms with van der Waals surface area (Å²) in [6, 6.07) is 0. The van der Waals surface area contributed by atoms with Crippen molar-refractivity contribution in [3.8, 4) is 0 Å². The summed E-state index contributed by atoms with van der Waals surface area (Å²) < 4.78 is 16.7. The summed E-state index contributed by atoms with van der Waals surface area (Å²) in [6.45, 7) is 6.57. The van der Waals surface area contributed by atoms with Gasteiger partial charge in [-0.05, 0) is 83.5 Å². The molecule has 6 heteroatoms. The Hall–Kier alpha value is -2.63. The minimum atomic E-state index is -0.772. The van der Waals surface area contributed by atoms with Crippen molar-refractivity contribution in [2.75, 3.05) is 13.2 Å². The lowest BCUT2D eigenvalue weighted by atomic mass is 10.0. The summed E-state index contributed by atoms with van der Waals surface area (Å²) in [4.78, 5) is 37.8. The molecule has 0 saturated heterocycles. The van der Waals surface area contributed by atoms with E-state index in [4.69, 9.17) is 14.2 Å².